The van der Waals surface area contributed by atoms with E-state index in [4.69, 9.17) is 0 Å². The van der Waals surface area contributed by atoms with Crippen molar-refractivity contribution in [2.45, 2.75) is 46.5 Å². The third-order valence-corrected chi connectivity index (χ3v) is 3.08. The molecule has 0 radical (unpaired) electrons. The highest BCUT2D eigenvalue weighted by atomic mass is 14.2. The smallest absolute Gasteiger partial charge is 0.0259 e. The lowest BCUT2D eigenvalue weighted by Gasteiger charge is -2.21. The van der Waals surface area contributed by atoms with Gasteiger partial charge in [-0.25, -0.2) is 0 Å². The van der Waals surface area contributed by atoms with Crippen LogP contribution in [0.3, 0.4) is 0 Å². The van der Waals surface area contributed by atoms with E-state index < -0.39 is 0 Å². The average molecular weight is 166 g/mol. The molecule has 0 heterocycles. The van der Waals surface area contributed by atoms with Crippen LogP contribution in [0.5, 0.6) is 0 Å². The highest BCUT2D eigenvalue weighted by molar-refractivity contribution is 4.92. The molecule has 70 valence electrons. The van der Waals surface area contributed by atoms with E-state index in [2.05, 4.69) is 32.9 Å². The van der Waals surface area contributed by atoms with E-state index >= 15 is 0 Å². The zero-order chi connectivity index (χ0) is 8.97. The molecule has 0 aromatic rings. The quantitative estimate of drug-likeness (QED) is 0.516. The van der Waals surface area contributed by atoms with Crippen LogP contribution in [0.2, 0.25) is 0 Å². The van der Waals surface area contributed by atoms with Gasteiger partial charge in [0.1, 0.15) is 0 Å². The largest absolute Gasteiger partial charge is 0.0854 e. The van der Waals surface area contributed by atoms with E-state index in [0.717, 1.165) is 17.8 Å². The van der Waals surface area contributed by atoms with Crippen LogP contribution in [0.1, 0.15) is 46.5 Å². The molecule has 0 aliphatic heterocycles. The van der Waals surface area contributed by atoms with Crippen LogP contribution in [0, 0.1) is 17.8 Å². The van der Waals surface area contributed by atoms with Crippen LogP contribution in [-0.4, -0.2) is 0 Å². The summed E-state index contributed by atoms with van der Waals surface area (Å²) >= 11 is 0. The fraction of sp³-hybridized carbons (Fsp3) is 0.833. The topological polar surface area (TPSA) is 0 Å². The second-order valence-corrected chi connectivity index (χ2v) is 4.43. The molecular weight excluding hydrogens is 144 g/mol. The molecule has 1 aliphatic carbocycles. The zero-order valence-electron chi connectivity index (χ0n) is 8.72. The molecular formula is C12H22. The standard InChI is InChI=1S/C12H22/c1-4-12-8-7-10(2)5-6-11(3)9-12/h5-6,10-12H,4,7-9H2,1-3H3. The van der Waals surface area contributed by atoms with Crippen molar-refractivity contribution >= 4 is 0 Å². The van der Waals surface area contributed by atoms with E-state index in [0.29, 0.717) is 0 Å². The average Bonchev–Trinajstić information content (AvgIpc) is 2.06. The summed E-state index contributed by atoms with van der Waals surface area (Å²) in [7, 11) is 0. The number of hydrogen-bond donors (Lipinski definition) is 0. The maximum Gasteiger partial charge on any atom is -0.0259 e. The highest BCUT2D eigenvalue weighted by Gasteiger charge is 2.13. The predicted octanol–water partition coefficient (Wildman–Crippen LogP) is 4.02. The number of hydrogen-bond acceptors (Lipinski definition) is 0. The Bertz CT molecular complexity index is 146. The molecule has 0 heteroatoms. The summed E-state index contributed by atoms with van der Waals surface area (Å²) in [5, 5.41) is 0. The highest BCUT2D eigenvalue weighted by Crippen LogP contribution is 2.26. The van der Waals surface area contributed by atoms with Gasteiger partial charge >= 0.3 is 0 Å². The third-order valence-electron chi connectivity index (χ3n) is 3.08. The van der Waals surface area contributed by atoms with Gasteiger partial charge in [-0.2, -0.15) is 0 Å². The van der Waals surface area contributed by atoms with Crippen molar-refractivity contribution in [3.05, 3.63) is 12.2 Å². The summed E-state index contributed by atoms with van der Waals surface area (Å²) in [6.07, 6.45) is 10.4. The molecule has 0 N–H and O–H groups in total. The monoisotopic (exact) mass is 166 g/mol. The zero-order valence-corrected chi connectivity index (χ0v) is 8.72. The third kappa shape index (κ3) is 3.00. The van der Waals surface area contributed by atoms with E-state index in [-0.39, 0.29) is 0 Å². The van der Waals surface area contributed by atoms with E-state index in [1.54, 1.807) is 0 Å². The molecule has 0 nitrogen and oxygen atoms in total. The number of allylic oxidation sites excluding steroid dienone is 2. The van der Waals surface area contributed by atoms with E-state index in [1.165, 1.54) is 25.7 Å². The summed E-state index contributed by atoms with van der Waals surface area (Å²) < 4.78 is 0. The van der Waals surface area contributed by atoms with Gasteiger partial charge in [-0.15, -0.1) is 0 Å². The van der Waals surface area contributed by atoms with Crippen molar-refractivity contribution < 1.29 is 0 Å². The minimum Gasteiger partial charge on any atom is -0.0854 e. The van der Waals surface area contributed by atoms with Crippen molar-refractivity contribution in [3.8, 4) is 0 Å². The first-order valence-corrected chi connectivity index (χ1v) is 5.40. The summed E-state index contributed by atoms with van der Waals surface area (Å²) in [5.41, 5.74) is 0. The van der Waals surface area contributed by atoms with Gasteiger partial charge in [0, 0.05) is 0 Å². The minimum atomic E-state index is 0.803. The molecule has 3 atom stereocenters. The molecule has 1 rings (SSSR count). The van der Waals surface area contributed by atoms with Gasteiger partial charge in [0.15, 0.2) is 0 Å². The summed E-state index contributed by atoms with van der Waals surface area (Å²) in [6.45, 7) is 7.01. The van der Waals surface area contributed by atoms with Crippen molar-refractivity contribution in [2.75, 3.05) is 0 Å². The molecule has 0 fully saturated rings. The van der Waals surface area contributed by atoms with Crippen LogP contribution in [0.15, 0.2) is 12.2 Å². The minimum absolute atomic E-state index is 0.803. The van der Waals surface area contributed by atoms with Gasteiger partial charge in [0.25, 0.3) is 0 Å². The van der Waals surface area contributed by atoms with Crippen LogP contribution in [0.25, 0.3) is 0 Å². The fourth-order valence-corrected chi connectivity index (χ4v) is 2.07. The molecule has 0 saturated carbocycles. The maximum atomic E-state index is 2.41. The summed E-state index contributed by atoms with van der Waals surface area (Å²) in [5.74, 6) is 2.59. The summed E-state index contributed by atoms with van der Waals surface area (Å²) in [6, 6.07) is 0. The Hall–Kier alpha value is -0.260. The van der Waals surface area contributed by atoms with Gasteiger partial charge in [0.05, 0.1) is 0 Å². The van der Waals surface area contributed by atoms with Crippen LogP contribution < -0.4 is 0 Å². The lowest BCUT2D eigenvalue weighted by atomic mass is 9.84. The number of rotatable bonds is 1. The molecule has 12 heavy (non-hydrogen) atoms. The van der Waals surface area contributed by atoms with Crippen molar-refractivity contribution in [1.29, 1.82) is 0 Å². The van der Waals surface area contributed by atoms with Crippen molar-refractivity contribution in [1.82, 2.24) is 0 Å². The molecule has 0 aromatic heterocycles. The second-order valence-electron chi connectivity index (χ2n) is 4.43. The van der Waals surface area contributed by atoms with E-state index in [1.807, 2.05) is 0 Å². The molecule has 0 spiro atoms. The van der Waals surface area contributed by atoms with Crippen LogP contribution >= 0.6 is 0 Å². The molecule has 0 amide bonds. The fourth-order valence-electron chi connectivity index (χ4n) is 2.07. The Morgan fingerprint density at radius 1 is 1.08 bits per heavy atom. The van der Waals surface area contributed by atoms with Gasteiger partial charge in [-0.3, -0.25) is 0 Å². The first kappa shape index (κ1) is 9.83. The van der Waals surface area contributed by atoms with Gasteiger partial charge in [-0.05, 0) is 37.0 Å². The van der Waals surface area contributed by atoms with Gasteiger partial charge in [-0.1, -0.05) is 39.3 Å². The molecule has 0 bridgehead atoms. The lowest BCUT2D eigenvalue weighted by Crippen LogP contribution is -2.09. The Labute approximate surface area is 77.1 Å². The molecule has 1 aliphatic rings. The SMILES string of the molecule is CCC1CCC(C)C=CC(C)C1. The Morgan fingerprint density at radius 2 is 1.75 bits per heavy atom. The Morgan fingerprint density at radius 3 is 2.42 bits per heavy atom. The lowest BCUT2D eigenvalue weighted by molar-refractivity contribution is 0.358. The first-order valence-electron chi connectivity index (χ1n) is 5.40. The Kier molecular flexibility index (Phi) is 3.84. The first-order chi connectivity index (χ1) is 5.72. The molecule has 0 aromatic carbocycles. The maximum absolute atomic E-state index is 2.41. The molecule has 0 saturated heterocycles. The van der Waals surface area contributed by atoms with Crippen molar-refractivity contribution in [2.24, 2.45) is 17.8 Å². The van der Waals surface area contributed by atoms with E-state index in [9.17, 15) is 0 Å². The normalized spacial score (nSPS) is 37.4. The van der Waals surface area contributed by atoms with Crippen molar-refractivity contribution in [3.63, 3.8) is 0 Å². The van der Waals surface area contributed by atoms with Gasteiger partial charge < -0.3 is 0 Å². The summed E-state index contributed by atoms with van der Waals surface area (Å²) in [4.78, 5) is 0. The Balaban J connectivity index is 2.51. The van der Waals surface area contributed by atoms with Gasteiger partial charge in [0.2, 0.25) is 0 Å². The second kappa shape index (κ2) is 4.69. The predicted molar refractivity (Wildman–Crippen MR) is 55.1 cm³/mol. The van der Waals surface area contributed by atoms with Crippen LogP contribution in [0.4, 0.5) is 0 Å². The van der Waals surface area contributed by atoms with Crippen LogP contribution in [-0.2, 0) is 0 Å². The molecule has 3 unspecified atom stereocenters.